The average Bonchev–Trinajstić information content (AvgIpc) is 2.73. The zero-order valence-corrected chi connectivity index (χ0v) is 12.6. The molecule has 3 amide bonds. The lowest BCUT2D eigenvalue weighted by atomic mass is 10.1. The van der Waals surface area contributed by atoms with Gasteiger partial charge in [0.25, 0.3) is 11.8 Å². The molecule has 0 spiro atoms. The van der Waals surface area contributed by atoms with E-state index < -0.39 is 0 Å². The molecule has 0 atom stereocenters. The summed E-state index contributed by atoms with van der Waals surface area (Å²) in [6.45, 7) is 2.26. The van der Waals surface area contributed by atoms with Crippen molar-refractivity contribution in [1.29, 1.82) is 5.26 Å². The van der Waals surface area contributed by atoms with Gasteiger partial charge in [-0.1, -0.05) is 11.6 Å². The van der Waals surface area contributed by atoms with Gasteiger partial charge in [-0.2, -0.15) is 5.26 Å². The molecule has 1 aliphatic rings. The number of rotatable bonds is 5. The van der Waals surface area contributed by atoms with Crippen LogP contribution in [-0.4, -0.2) is 47.7 Å². The van der Waals surface area contributed by atoms with E-state index in [2.05, 4.69) is 0 Å². The molecule has 2 rings (SSSR count). The Kier molecular flexibility index (Phi) is 4.56. The van der Waals surface area contributed by atoms with Crippen LogP contribution in [0.2, 0.25) is 0 Å². The molecule has 0 radical (unpaired) electrons. The van der Waals surface area contributed by atoms with Crippen LogP contribution in [0.25, 0.3) is 0 Å². The summed E-state index contributed by atoms with van der Waals surface area (Å²) in [6.07, 6.45) is 0.320. The van der Waals surface area contributed by atoms with Gasteiger partial charge < -0.3 is 4.90 Å². The van der Waals surface area contributed by atoms with E-state index >= 15 is 0 Å². The summed E-state index contributed by atoms with van der Waals surface area (Å²) < 4.78 is 0. The Morgan fingerprint density at radius 2 is 1.95 bits per heavy atom. The van der Waals surface area contributed by atoms with Gasteiger partial charge in [0.05, 0.1) is 23.6 Å². The lowest BCUT2D eigenvalue weighted by molar-refractivity contribution is -0.129. The minimum Gasteiger partial charge on any atom is -0.345 e. The number of aryl methyl sites for hydroxylation is 1. The van der Waals surface area contributed by atoms with Gasteiger partial charge in [0.1, 0.15) is 0 Å². The van der Waals surface area contributed by atoms with Crippen LogP contribution in [0.1, 0.15) is 39.1 Å². The highest BCUT2D eigenvalue weighted by Crippen LogP contribution is 2.24. The second kappa shape index (κ2) is 6.39. The molecule has 0 saturated heterocycles. The molecule has 0 saturated carbocycles. The predicted octanol–water partition coefficient (Wildman–Crippen LogP) is 1.35. The van der Waals surface area contributed by atoms with Crippen LogP contribution >= 0.6 is 0 Å². The maximum Gasteiger partial charge on any atom is 0.261 e. The summed E-state index contributed by atoms with van der Waals surface area (Å²) in [5, 5.41) is 8.51. The Balaban J connectivity index is 2.01. The first-order valence-electron chi connectivity index (χ1n) is 7.03. The number of fused-ring (bicyclic) bond motifs is 1. The fourth-order valence-electron chi connectivity index (χ4n) is 2.35. The summed E-state index contributed by atoms with van der Waals surface area (Å²) in [4.78, 5) is 38.9. The number of nitriles is 1. The monoisotopic (exact) mass is 299 g/mol. The van der Waals surface area contributed by atoms with Crippen LogP contribution in [0, 0.1) is 18.3 Å². The molecule has 114 valence electrons. The van der Waals surface area contributed by atoms with Crippen molar-refractivity contribution in [3.63, 3.8) is 0 Å². The van der Waals surface area contributed by atoms with Crippen LogP contribution in [0.4, 0.5) is 0 Å². The summed E-state index contributed by atoms with van der Waals surface area (Å²) in [5.41, 5.74) is 1.70. The molecule has 1 aromatic rings. The van der Waals surface area contributed by atoms with Gasteiger partial charge in [0.2, 0.25) is 5.91 Å². The molecule has 1 heterocycles. The van der Waals surface area contributed by atoms with Crippen molar-refractivity contribution in [1.82, 2.24) is 9.80 Å². The Morgan fingerprint density at radius 1 is 1.27 bits per heavy atom. The third-order valence-corrected chi connectivity index (χ3v) is 3.66. The van der Waals surface area contributed by atoms with Crippen LogP contribution in [0.5, 0.6) is 0 Å². The standard InChI is InChI=1S/C16H17N3O3/c1-11-4-5-12-13(10-11)16(22)19(15(12)21)9-6-14(20)18(2)8-3-7-17/h4-5,10H,3,6,8-9H2,1-2H3. The van der Waals surface area contributed by atoms with E-state index in [9.17, 15) is 14.4 Å². The number of hydrogen-bond donors (Lipinski definition) is 0. The van der Waals surface area contributed by atoms with E-state index in [0.717, 1.165) is 10.5 Å². The first-order valence-corrected chi connectivity index (χ1v) is 7.03. The maximum atomic E-state index is 12.3. The van der Waals surface area contributed by atoms with Crippen molar-refractivity contribution in [2.75, 3.05) is 20.1 Å². The van der Waals surface area contributed by atoms with Crippen LogP contribution in [0.3, 0.4) is 0 Å². The molecule has 0 bridgehead atoms. The van der Waals surface area contributed by atoms with E-state index in [1.165, 1.54) is 4.90 Å². The highest BCUT2D eigenvalue weighted by molar-refractivity contribution is 6.21. The Labute approximate surface area is 128 Å². The van der Waals surface area contributed by atoms with Crippen LogP contribution < -0.4 is 0 Å². The van der Waals surface area contributed by atoms with Gasteiger partial charge in [0.15, 0.2) is 0 Å². The molecule has 6 nitrogen and oxygen atoms in total. The van der Waals surface area contributed by atoms with Crippen LogP contribution in [-0.2, 0) is 4.79 Å². The highest BCUT2D eigenvalue weighted by Gasteiger charge is 2.35. The first kappa shape index (κ1) is 15.7. The van der Waals surface area contributed by atoms with E-state index in [1.807, 2.05) is 13.0 Å². The van der Waals surface area contributed by atoms with E-state index in [4.69, 9.17) is 5.26 Å². The normalized spacial score (nSPS) is 13.0. The number of imide groups is 1. The van der Waals surface area contributed by atoms with E-state index in [-0.39, 0.29) is 37.1 Å². The number of carbonyl (C=O) groups excluding carboxylic acids is 3. The SMILES string of the molecule is Cc1ccc2c(c1)C(=O)N(CCC(=O)N(C)CCC#N)C2=O. The van der Waals surface area contributed by atoms with Crippen molar-refractivity contribution in [2.24, 2.45) is 0 Å². The van der Waals surface area contributed by atoms with E-state index in [0.29, 0.717) is 17.7 Å². The van der Waals surface area contributed by atoms with Crippen molar-refractivity contribution < 1.29 is 14.4 Å². The quantitative estimate of drug-likeness (QED) is 0.769. The molecule has 0 N–H and O–H groups in total. The van der Waals surface area contributed by atoms with Crippen molar-refractivity contribution in [3.05, 3.63) is 34.9 Å². The summed E-state index contributed by atoms with van der Waals surface area (Å²) in [6, 6.07) is 7.09. The summed E-state index contributed by atoms with van der Waals surface area (Å²) in [7, 11) is 1.60. The topological polar surface area (TPSA) is 81.5 Å². The van der Waals surface area contributed by atoms with Gasteiger partial charge in [-0.05, 0) is 19.1 Å². The highest BCUT2D eigenvalue weighted by atomic mass is 16.2. The Hall–Kier alpha value is -2.68. The minimum absolute atomic E-state index is 0.0567. The van der Waals surface area contributed by atoms with Gasteiger partial charge in [-0.25, -0.2) is 0 Å². The molecule has 0 unspecified atom stereocenters. The molecule has 22 heavy (non-hydrogen) atoms. The zero-order valence-electron chi connectivity index (χ0n) is 12.6. The molecule has 6 heteroatoms. The van der Waals surface area contributed by atoms with Crippen LogP contribution in [0.15, 0.2) is 18.2 Å². The smallest absolute Gasteiger partial charge is 0.261 e. The zero-order chi connectivity index (χ0) is 16.3. The van der Waals surface area contributed by atoms with Crippen molar-refractivity contribution in [3.8, 4) is 6.07 Å². The second-order valence-corrected chi connectivity index (χ2v) is 5.28. The number of benzene rings is 1. The largest absolute Gasteiger partial charge is 0.345 e. The van der Waals surface area contributed by atoms with Gasteiger partial charge in [-0.15, -0.1) is 0 Å². The summed E-state index contributed by atoms with van der Waals surface area (Å²) in [5.74, 6) is -0.897. The average molecular weight is 299 g/mol. The predicted molar refractivity (Wildman–Crippen MR) is 79.0 cm³/mol. The first-order chi connectivity index (χ1) is 10.5. The third kappa shape index (κ3) is 2.98. The second-order valence-electron chi connectivity index (χ2n) is 5.28. The van der Waals surface area contributed by atoms with Gasteiger partial charge >= 0.3 is 0 Å². The molecule has 0 aliphatic carbocycles. The Morgan fingerprint density at radius 3 is 2.64 bits per heavy atom. The fourth-order valence-corrected chi connectivity index (χ4v) is 2.35. The molecule has 0 fully saturated rings. The number of hydrogen-bond acceptors (Lipinski definition) is 4. The molecule has 1 aromatic carbocycles. The minimum atomic E-state index is -0.354. The molecular weight excluding hydrogens is 282 g/mol. The molecular formula is C16H17N3O3. The van der Waals surface area contributed by atoms with Crippen molar-refractivity contribution in [2.45, 2.75) is 19.8 Å². The number of nitrogens with zero attached hydrogens (tertiary/aromatic N) is 3. The number of carbonyl (C=O) groups is 3. The Bertz CT molecular complexity index is 676. The summed E-state index contributed by atoms with van der Waals surface area (Å²) >= 11 is 0. The third-order valence-electron chi connectivity index (χ3n) is 3.66. The van der Waals surface area contributed by atoms with Crippen molar-refractivity contribution >= 4 is 17.7 Å². The fraction of sp³-hybridized carbons (Fsp3) is 0.375. The lowest BCUT2D eigenvalue weighted by Gasteiger charge is -2.18. The lowest BCUT2D eigenvalue weighted by Crippen LogP contribution is -2.35. The van der Waals surface area contributed by atoms with Gasteiger partial charge in [0, 0.05) is 26.6 Å². The van der Waals surface area contributed by atoms with Gasteiger partial charge in [-0.3, -0.25) is 19.3 Å². The van der Waals surface area contributed by atoms with E-state index in [1.54, 1.807) is 25.2 Å². The number of amides is 3. The maximum absolute atomic E-state index is 12.3. The molecule has 1 aliphatic heterocycles. The molecule has 0 aromatic heterocycles.